The highest BCUT2D eigenvalue weighted by atomic mass is 16.7. The molecule has 192 valence electrons. The largest absolute Gasteiger partial charge is 0.454 e. The number of hydrogen-bond donors (Lipinski definition) is 3. The number of rotatable bonds is 8. The quantitative estimate of drug-likeness (QED) is 0.397. The molecule has 1 saturated carbocycles. The third kappa shape index (κ3) is 4.54. The number of amides is 2. The molecular weight excluding hydrogens is 456 g/mol. The minimum absolute atomic E-state index is 0. The normalized spacial score (nSPS) is 15.8. The van der Waals surface area contributed by atoms with Crippen molar-refractivity contribution in [1.82, 2.24) is 5.32 Å². The Morgan fingerprint density at radius 3 is 2.47 bits per heavy atom. The first-order valence-electron chi connectivity index (χ1n) is 12.3. The molecule has 0 radical (unpaired) electrons. The fourth-order valence-electron chi connectivity index (χ4n) is 4.57. The van der Waals surface area contributed by atoms with Crippen LogP contribution in [-0.4, -0.2) is 36.4 Å². The lowest BCUT2D eigenvalue weighted by Gasteiger charge is -2.17. The molecule has 1 aliphatic heterocycles. The Balaban J connectivity index is 0.00000178. The van der Waals surface area contributed by atoms with Crippen molar-refractivity contribution < 1.29 is 28.4 Å². The van der Waals surface area contributed by atoms with Crippen LogP contribution in [0, 0.1) is 6.92 Å². The highest BCUT2D eigenvalue weighted by Gasteiger charge is 2.51. The molecule has 1 atom stereocenters. The Bertz CT molecular complexity index is 1310. The van der Waals surface area contributed by atoms with E-state index in [2.05, 4.69) is 10.6 Å². The van der Waals surface area contributed by atoms with Crippen molar-refractivity contribution in [1.29, 1.82) is 0 Å². The summed E-state index contributed by atoms with van der Waals surface area (Å²) < 4.78 is 10.9. The minimum atomic E-state index is -0.550. The predicted octanol–water partition coefficient (Wildman–Crippen LogP) is 5.30. The number of carbonyl (C=O) groups excluding carboxylic acids is 2. The average Bonchev–Trinajstić information content (AvgIpc) is 3.59. The smallest absolute Gasteiger partial charge is 0.251 e. The van der Waals surface area contributed by atoms with E-state index in [4.69, 9.17) is 9.47 Å². The first-order chi connectivity index (χ1) is 17.4. The van der Waals surface area contributed by atoms with Crippen molar-refractivity contribution in [2.24, 2.45) is 0 Å². The van der Waals surface area contributed by atoms with Gasteiger partial charge in [0, 0.05) is 15.5 Å². The fourth-order valence-corrected chi connectivity index (χ4v) is 4.57. The second-order valence-electron chi connectivity index (χ2n) is 9.47. The van der Waals surface area contributed by atoms with Gasteiger partial charge in [-0.1, -0.05) is 31.2 Å². The van der Waals surface area contributed by atoms with E-state index in [0.29, 0.717) is 23.5 Å². The molecule has 1 fully saturated rings. The zero-order valence-corrected chi connectivity index (χ0v) is 20.5. The molecule has 5 rings (SSSR count). The summed E-state index contributed by atoms with van der Waals surface area (Å²) in [6, 6.07) is 18.7. The van der Waals surface area contributed by atoms with Crippen LogP contribution in [-0.2, 0) is 10.2 Å². The molecule has 0 saturated heterocycles. The van der Waals surface area contributed by atoms with Gasteiger partial charge in [0.05, 0.1) is 18.1 Å². The van der Waals surface area contributed by atoms with Gasteiger partial charge in [0.15, 0.2) is 11.5 Å². The molecule has 3 aromatic carbocycles. The predicted molar refractivity (Wildman–Crippen MR) is 144 cm³/mol. The number of nitrogens with one attached hydrogen (secondary N) is 2. The fraction of sp³-hybridized carbons (Fsp3) is 0.310. The molecule has 36 heavy (non-hydrogen) atoms. The van der Waals surface area contributed by atoms with Crippen molar-refractivity contribution in [2.75, 3.05) is 18.7 Å². The monoisotopic (exact) mass is 492 g/mol. The van der Waals surface area contributed by atoms with Gasteiger partial charge in [-0.05, 0) is 84.8 Å². The number of ether oxygens (including phenoxy) is 2. The Labute approximate surface area is 214 Å². The van der Waals surface area contributed by atoms with Crippen molar-refractivity contribution >= 4 is 17.5 Å². The first kappa shape index (κ1) is 23.9. The Morgan fingerprint density at radius 1 is 1.03 bits per heavy atom. The summed E-state index contributed by atoms with van der Waals surface area (Å²) in [6.45, 7) is 4.05. The summed E-state index contributed by atoms with van der Waals surface area (Å²) in [7, 11) is 0. The van der Waals surface area contributed by atoms with Crippen LogP contribution >= 0.6 is 0 Å². The Hall–Kier alpha value is -3.84. The summed E-state index contributed by atoms with van der Waals surface area (Å²) in [5.41, 5.74) is 4.65. The third-order valence-corrected chi connectivity index (χ3v) is 7.11. The molecule has 1 heterocycles. The standard InChI is InChI=1S/C29H30N2O5.3H2/c1-3-22(16-32)30-27(33)20-7-5-19(6-8-20)24-15-23(10-4-18(24)2)31-28(34)29(12-13-29)21-9-11-25-26(14-21)36-17-35-25;;;/h4-11,14-15,22,32H,3,12-13,16-17H2,1-2H3,(H,30,33)(H,31,34);3*1H/t22-;;;/m1.../s1. The molecule has 0 bridgehead atoms. The maximum Gasteiger partial charge on any atom is 0.251 e. The van der Waals surface area contributed by atoms with Crippen LogP contribution < -0.4 is 20.1 Å². The topological polar surface area (TPSA) is 96.9 Å². The zero-order valence-electron chi connectivity index (χ0n) is 20.5. The summed E-state index contributed by atoms with van der Waals surface area (Å²) in [5, 5.41) is 15.3. The van der Waals surface area contributed by atoms with Crippen LogP contribution in [0.15, 0.2) is 60.7 Å². The SMILES string of the molecule is CC[C@H](CO)NC(=O)c1ccc(-c2cc(NC(=O)C3(c4ccc5c(c4)OCO5)CC3)ccc2C)cc1.[HH].[HH].[HH]. The minimum Gasteiger partial charge on any atom is -0.454 e. The number of anilines is 1. The van der Waals surface area contributed by atoms with E-state index in [9.17, 15) is 14.7 Å². The van der Waals surface area contributed by atoms with E-state index in [1.54, 1.807) is 12.1 Å². The van der Waals surface area contributed by atoms with Crippen molar-refractivity contribution in [2.45, 2.75) is 44.6 Å². The molecule has 0 spiro atoms. The number of aliphatic hydroxyl groups is 1. The molecule has 7 nitrogen and oxygen atoms in total. The summed E-state index contributed by atoms with van der Waals surface area (Å²) >= 11 is 0. The molecule has 1 aliphatic carbocycles. The molecule has 2 amide bonds. The maximum atomic E-state index is 13.3. The van der Waals surface area contributed by atoms with Gasteiger partial charge in [-0.25, -0.2) is 0 Å². The molecule has 3 aromatic rings. The molecular formula is C29H36N2O5. The van der Waals surface area contributed by atoms with E-state index in [1.165, 1.54) is 0 Å². The van der Waals surface area contributed by atoms with Crippen LogP contribution in [0.3, 0.4) is 0 Å². The lowest BCUT2D eigenvalue weighted by atomic mass is 9.94. The maximum absolute atomic E-state index is 13.3. The van der Waals surface area contributed by atoms with Crippen LogP contribution in [0.5, 0.6) is 11.5 Å². The number of carbonyl (C=O) groups is 2. The van der Waals surface area contributed by atoms with Gasteiger partial charge in [-0.3, -0.25) is 9.59 Å². The lowest BCUT2D eigenvalue weighted by molar-refractivity contribution is -0.118. The number of aliphatic hydroxyl groups excluding tert-OH is 1. The lowest BCUT2D eigenvalue weighted by Crippen LogP contribution is -2.36. The van der Waals surface area contributed by atoms with Crippen molar-refractivity contribution in [3.05, 3.63) is 77.4 Å². The van der Waals surface area contributed by atoms with Crippen LogP contribution in [0.25, 0.3) is 11.1 Å². The number of benzene rings is 3. The van der Waals surface area contributed by atoms with Crippen molar-refractivity contribution in [3.8, 4) is 22.6 Å². The van der Waals surface area contributed by atoms with E-state index in [1.807, 2.05) is 62.4 Å². The van der Waals surface area contributed by atoms with E-state index in [0.717, 1.165) is 40.8 Å². The number of aryl methyl sites for hydroxylation is 1. The van der Waals surface area contributed by atoms with Crippen LogP contribution in [0.4, 0.5) is 5.69 Å². The number of hydrogen-bond acceptors (Lipinski definition) is 5. The highest BCUT2D eigenvalue weighted by molar-refractivity contribution is 6.02. The molecule has 7 heteroatoms. The van der Waals surface area contributed by atoms with Gasteiger partial charge >= 0.3 is 0 Å². The molecule has 0 aromatic heterocycles. The van der Waals surface area contributed by atoms with E-state index in [-0.39, 0.29) is 35.5 Å². The molecule has 3 N–H and O–H groups in total. The zero-order chi connectivity index (χ0) is 25.3. The first-order valence-corrected chi connectivity index (χ1v) is 12.3. The molecule has 2 aliphatic rings. The summed E-state index contributed by atoms with van der Waals surface area (Å²) in [6.07, 6.45) is 2.24. The van der Waals surface area contributed by atoms with Gasteiger partial charge in [0.25, 0.3) is 5.91 Å². The van der Waals surface area contributed by atoms with Crippen molar-refractivity contribution in [3.63, 3.8) is 0 Å². The summed E-state index contributed by atoms with van der Waals surface area (Å²) in [4.78, 5) is 25.8. The van der Waals surface area contributed by atoms with E-state index < -0.39 is 5.41 Å². The van der Waals surface area contributed by atoms with Gasteiger partial charge in [0.2, 0.25) is 12.7 Å². The van der Waals surface area contributed by atoms with Gasteiger partial charge in [-0.15, -0.1) is 0 Å². The Kier molecular flexibility index (Phi) is 6.41. The number of fused-ring (bicyclic) bond motifs is 1. The van der Waals surface area contributed by atoms with Gasteiger partial charge < -0.3 is 25.2 Å². The third-order valence-electron chi connectivity index (χ3n) is 7.11. The van der Waals surface area contributed by atoms with Gasteiger partial charge in [0.1, 0.15) is 0 Å². The Morgan fingerprint density at radius 2 is 1.78 bits per heavy atom. The van der Waals surface area contributed by atoms with Crippen LogP contribution in [0.2, 0.25) is 0 Å². The summed E-state index contributed by atoms with van der Waals surface area (Å²) in [5.74, 6) is 1.15. The average molecular weight is 493 g/mol. The second kappa shape index (κ2) is 9.66. The second-order valence-corrected chi connectivity index (χ2v) is 9.47. The van der Waals surface area contributed by atoms with Gasteiger partial charge in [-0.2, -0.15) is 0 Å². The van der Waals surface area contributed by atoms with Crippen LogP contribution in [0.1, 0.15) is 52.0 Å². The molecule has 0 unspecified atom stereocenters. The highest BCUT2D eigenvalue weighted by Crippen LogP contribution is 2.51. The van der Waals surface area contributed by atoms with E-state index >= 15 is 0 Å².